The predicted molar refractivity (Wildman–Crippen MR) is 85.5 cm³/mol. The highest BCUT2D eigenvalue weighted by molar-refractivity contribution is 5.43. The molecule has 0 radical (unpaired) electrons. The molecule has 1 heterocycles. The average molecular weight is 285 g/mol. The van der Waals surface area contributed by atoms with Crippen LogP contribution in [0.3, 0.4) is 0 Å². The second-order valence-electron chi connectivity index (χ2n) is 7.72. The molecule has 2 bridgehead atoms. The van der Waals surface area contributed by atoms with E-state index in [4.69, 9.17) is 0 Å². The number of fused-ring (bicyclic) bond motifs is 4. The van der Waals surface area contributed by atoms with E-state index < -0.39 is 0 Å². The molecule has 1 unspecified atom stereocenters. The van der Waals surface area contributed by atoms with Gasteiger partial charge in [0.1, 0.15) is 0 Å². The Labute approximate surface area is 128 Å². The zero-order valence-corrected chi connectivity index (χ0v) is 13.3. The highest BCUT2D eigenvalue weighted by atomic mass is 16.3. The number of likely N-dealkylation sites (tertiary alicyclic amines) is 1. The summed E-state index contributed by atoms with van der Waals surface area (Å²) in [5, 5.41) is 10.3. The summed E-state index contributed by atoms with van der Waals surface area (Å²) in [6.45, 7) is 7.31. The molecule has 1 saturated heterocycles. The van der Waals surface area contributed by atoms with Crippen LogP contribution in [0.1, 0.15) is 42.9 Å². The monoisotopic (exact) mass is 285 g/mol. The van der Waals surface area contributed by atoms with Crippen molar-refractivity contribution in [2.45, 2.75) is 51.0 Å². The lowest BCUT2D eigenvalue weighted by atomic mass is 9.58. The quantitative estimate of drug-likeness (QED) is 0.923. The summed E-state index contributed by atoms with van der Waals surface area (Å²) in [7, 11) is 0. The van der Waals surface area contributed by atoms with Crippen LogP contribution in [0.25, 0.3) is 0 Å². The van der Waals surface area contributed by atoms with E-state index in [2.05, 4.69) is 36.9 Å². The normalized spacial score (nSPS) is 35.6. The SMILES string of the molecule is Cc1ccc2c(c1)[C@@]1(CO)CCN(CC3CC3)C(C2)[C@@H]1C. The van der Waals surface area contributed by atoms with Crippen LogP contribution in [-0.2, 0) is 11.8 Å². The van der Waals surface area contributed by atoms with Gasteiger partial charge < -0.3 is 5.11 Å². The van der Waals surface area contributed by atoms with Crippen LogP contribution in [0.15, 0.2) is 18.2 Å². The molecule has 114 valence electrons. The molecule has 3 atom stereocenters. The molecule has 0 amide bonds. The van der Waals surface area contributed by atoms with Gasteiger partial charge in [-0.3, -0.25) is 4.90 Å². The molecule has 1 aromatic carbocycles. The maximum Gasteiger partial charge on any atom is 0.0531 e. The lowest BCUT2D eigenvalue weighted by Crippen LogP contribution is -2.60. The third-order valence-corrected chi connectivity index (χ3v) is 6.47. The molecule has 0 spiro atoms. The van der Waals surface area contributed by atoms with E-state index in [0.717, 1.165) is 12.3 Å². The van der Waals surface area contributed by atoms with Crippen LogP contribution in [0, 0.1) is 18.8 Å². The van der Waals surface area contributed by atoms with Crippen LogP contribution < -0.4 is 0 Å². The van der Waals surface area contributed by atoms with Gasteiger partial charge in [-0.15, -0.1) is 0 Å². The van der Waals surface area contributed by atoms with E-state index in [1.165, 1.54) is 49.0 Å². The molecule has 1 saturated carbocycles. The maximum absolute atomic E-state index is 10.3. The van der Waals surface area contributed by atoms with Crippen molar-refractivity contribution in [3.63, 3.8) is 0 Å². The first-order valence-corrected chi connectivity index (χ1v) is 8.59. The third kappa shape index (κ3) is 2.07. The van der Waals surface area contributed by atoms with Crippen molar-refractivity contribution in [3.05, 3.63) is 34.9 Å². The number of benzene rings is 1. The Hall–Kier alpha value is -0.860. The number of rotatable bonds is 3. The zero-order chi connectivity index (χ0) is 14.6. The van der Waals surface area contributed by atoms with Gasteiger partial charge in [-0.1, -0.05) is 30.7 Å². The molecule has 2 nitrogen and oxygen atoms in total. The van der Waals surface area contributed by atoms with Crippen LogP contribution in [0.4, 0.5) is 0 Å². The highest BCUT2D eigenvalue weighted by Gasteiger charge is 2.51. The minimum Gasteiger partial charge on any atom is -0.395 e. The second-order valence-corrected chi connectivity index (χ2v) is 7.72. The van der Waals surface area contributed by atoms with Crippen molar-refractivity contribution >= 4 is 0 Å². The van der Waals surface area contributed by atoms with Crippen molar-refractivity contribution in [2.24, 2.45) is 11.8 Å². The number of piperidine rings is 1. The van der Waals surface area contributed by atoms with Gasteiger partial charge in [0.2, 0.25) is 0 Å². The Morgan fingerprint density at radius 2 is 2.14 bits per heavy atom. The minimum absolute atomic E-state index is 0.00429. The lowest BCUT2D eigenvalue weighted by molar-refractivity contribution is -0.00780. The number of nitrogens with zero attached hydrogens (tertiary/aromatic N) is 1. The molecule has 2 fully saturated rings. The molecule has 2 aliphatic carbocycles. The molecular weight excluding hydrogens is 258 g/mol. The average Bonchev–Trinajstić information content (AvgIpc) is 3.28. The molecule has 1 aliphatic heterocycles. The van der Waals surface area contributed by atoms with Gasteiger partial charge in [-0.25, -0.2) is 0 Å². The van der Waals surface area contributed by atoms with Gasteiger partial charge in [-0.05, 0) is 62.1 Å². The van der Waals surface area contributed by atoms with Gasteiger partial charge in [0.25, 0.3) is 0 Å². The summed E-state index contributed by atoms with van der Waals surface area (Å²) in [6.07, 6.45) is 5.15. The van der Waals surface area contributed by atoms with Crippen LogP contribution >= 0.6 is 0 Å². The minimum atomic E-state index is 0.00429. The van der Waals surface area contributed by atoms with E-state index in [1.807, 2.05) is 0 Å². The standard InChI is InChI=1S/C19H27NO/c1-13-3-6-16-10-18-14(2)19(12-21,17(16)9-13)7-8-20(18)11-15-4-5-15/h3,6,9,14-15,18,21H,4-5,7-8,10-12H2,1-2H3/t14-,18?,19+/m0/s1. The summed E-state index contributed by atoms with van der Waals surface area (Å²) in [6, 6.07) is 7.52. The number of aryl methyl sites for hydroxylation is 1. The number of hydrogen-bond acceptors (Lipinski definition) is 2. The molecule has 3 aliphatic rings. The highest BCUT2D eigenvalue weighted by Crippen LogP contribution is 2.49. The van der Waals surface area contributed by atoms with Crippen molar-refractivity contribution in [1.82, 2.24) is 4.90 Å². The van der Waals surface area contributed by atoms with Crippen LogP contribution in [0.2, 0.25) is 0 Å². The van der Waals surface area contributed by atoms with E-state index in [-0.39, 0.29) is 5.41 Å². The molecule has 1 N–H and O–H groups in total. The van der Waals surface area contributed by atoms with Crippen LogP contribution in [-0.4, -0.2) is 35.7 Å². The number of aliphatic hydroxyl groups excluding tert-OH is 1. The lowest BCUT2D eigenvalue weighted by Gasteiger charge is -2.55. The third-order valence-electron chi connectivity index (χ3n) is 6.47. The first-order chi connectivity index (χ1) is 10.1. The predicted octanol–water partition coefficient (Wildman–Crippen LogP) is 2.90. The summed E-state index contributed by atoms with van der Waals surface area (Å²) in [5.41, 5.74) is 4.26. The van der Waals surface area contributed by atoms with Gasteiger partial charge in [0.05, 0.1) is 6.61 Å². The fourth-order valence-corrected chi connectivity index (χ4v) is 4.83. The Balaban J connectivity index is 1.74. The topological polar surface area (TPSA) is 23.5 Å². The number of hydrogen-bond donors (Lipinski definition) is 1. The van der Waals surface area contributed by atoms with Gasteiger partial charge in [0.15, 0.2) is 0 Å². The molecule has 1 aromatic rings. The van der Waals surface area contributed by atoms with Gasteiger partial charge >= 0.3 is 0 Å². The zero-order valence-electron chi connectivity index (χ0n) is 13.3. The Kier molecular flexibility index (Phi) is 3.16. The summed E-state index contributed by atoms with van der Waals surface area (Å²) < 4.78 is 0. The fourth-order valence-electron chi connectivity index (χ4n) is 4.83. The molecule has 2 heteroatoms. The van der Waals surface area contributed by atoms with Crippen molar-refractivity contribution < 1.29 is 5.11 Å². The molecule has 21 heavy (non-hydrogen) atoms. The summed E-state index contributed by atoms with van der Waals surface area (Å²) in [4.78, 5) is 2.74. The molecule has 4 rings (SSSR count). The van der Waals surface area contributed by atoms with Crippen molar-refractivity contribution in [3.8, 4) is 0 Å². The maximum atomic E-state index is 10.3. The first-order valence-electron chi connectivity index (χ1n) is 8.59. The van der Waals surface area contributed by atoms with Gasteiger partial charge in [0, 0.05) is 18.0 Å². The summed E-state index contributed by atoms with van der Waals surface area (Å²) >= 11 is 0. The first kappa shape index (κ1) is 13.8. The molecular formula is C19H27NO. The van der Waals surface area contributed by atoms with Crippen LogP contribution in [0.5, 0.6) is 0 Å². The Morgan fingerprint density at radius 3 is 2.86 bits per heavy atom. The Morgan fingerprint density at radius 1 is 1.33 bits per heavy atom. The number of aliphatic hydroxyl groups is 1. The van der Waals surface area contributed by atoms with Crippen molar-refractivity contribution in [2.75, 3.05) is 19.7 Å². The van der Waals surface area contributed by atoms with Gasteiger partial charge in [-0.2, -0.15) is 0 Å². The fraction of sp³-hybridized carbons (Fsp3) is 0.684. The van der Waals surface area contributed by atoms with E-state index >= 15 is 0 Å². The van der Waals surface area contributed by atoms with Crippen molar-refractivity contribution in [1.29, 1.82) is 0 Å². The van der Waals surface area contributed by atoms with E-state index in [0.29, 0.717) is 18.6 Å². The Bertz CT molecular complexity index is 550. The van der Waals surface area contributed by atoms with E-state index in [9.17, 15) is 5.11 Å². The largest absolute Gasteiger partial charge is 0.395 e. The molecule has 0 aromatic heterocycles. The van der Waals surface area contributed by atoms with E-state index in [1.54, 1.807) is 0 Å². The second kappa shape index (κ2) is 4.82. The smallest absolute Gasteiger partial charge is 0.0531 e. The summed E-state index contributed by atoms with van der Waals surface area (Å²) in [5.74, 6) is 1.52.